The fraction of sp³-hybridized carbons (Fsp3) is 0.381. The molecule has 0 aliphatic rings. The summed E-state index contributed by atoms with van der Waals surface area (Å²) in [4.78, 5) is 12.3. The monoisotopic (exact) mass is 309 g/mol. The van der Waals surface area contributed by atoms with Gasteiger partial charge in [0, 0.05) is 11.6 Å². The summed E-state index contributed by atoms with van der Waals surface area (Å²) in [6.07, 6.45) is 3.41. The summed E-state index contributed by atoms with van der Waals surface area (Å²) in [7, 11) is 0. The molecule has 0 radical (unpaired) electrons. The first kappa shape index (κ1) is 17.3. The number of nitrogens with one attached hydrogen (secondary N) is 1. The molecule has 2 aromatic rings. The van der Waals surface area contributed by atoms with Crippen molar-refractivity contribution >= 4 is 5.91 Å². The number of rotatable bonds is 7. The largest absolute Gasteiger partial charge is 0.350 e. The van der Waals surface area contributed by atoms with Crippen LogP contribution in [0.4, 0.5) is 0 Å². The van der Waals surface area contributed by atoms with Crippen LogP contribution >= 0.6 is 0 Å². The van der Waals surface area contributed by atoms with Crippen molar-refractivity contribution in [2.24, 2.45) is 5.92 Å². The summed E-state index contributed by atoms with van der Waals surface area (Å²) in [6, 6.07) is 18.2. The molecule has 1 atom stereocenters. The first-order chi connectivity index (χ1) is 11.1. The molecule has 0 spiro atoms. The Bertz CT molecular complexity index is 601. The summed E-state index contributed by atoms with van der Waals surface area (Å²) in [5.74, 6) is 0.741. The fourth-order valence-electron chi connectivity index (χ4n) is 2.66. The Labute approximate surface area is 139 Å². The lowest BCUT2D eigenvalue weighted by Gasteiger charge is -2.14. The van der Waals surface area contributed by atoms with E-state index in [4.69, 9.17) is 0 Å². The lowest BCUT2D eigenvalue weighted by Crippen LogP contribution is -2.32. The minimum absolute atomic E-state index is 0.0154. The highest BCUT2D eigenvalue weighted by atomic mass is 16.1. The first-order valence-electron chi connectivity index (χ1n) is 8.52. The molecule has 0 unspecified atom stereocenters. The highest BCUT2D eigenvalue weighted by molar-refractivity contribution is 5.94. The number of benzene rings is 2. The Kier molecular flexibility index (Phi) is 6.40. The normalized spacial score (nSPS) is 12.2. The van der Waals surface area contributed by atoms with E-state index in [1.54, 1.807) is 0 Å². The third kappa shape index (κ3) is 5.55. The van der Waals surface area contributed by atoms with E-state index < -0.39 is 0 Å². The minimum Gasteiger partial charge on any atom is -0.350 e. The van der Waals surface area contributed by atoms with Gasteiger partial charge in [0.2, 0.25) is 0 Å². The molecule has 0 saturated carbocycles. The Morgan fingerprint density at radius 3 is 2.09 bits per heavy atom. The zero-order valence-corrected chi connectivity index (χ0v) is 14.4. The van der Waals surface area contributed by atoms with Gasteiger partial charge in [0.05, 0.1) is 0 Å². The SMILES string of the molecule is CC(C)CCC[C@H](C)NC(=O)c1ccc(-c2ccccc2)cc1. The maximum Gasteiger partial charge on any atom is 0.251 e. The van der Waals surface area contributed by atoms with Crippen molar-refractivity contribution in [1.82, 2.24) is 5.32 Å². The molecule has 0 aromatic heterocycles. The second-order valence-electron chi connectivity index (χ2n) is 6.64. The van der Waals surface area contributed by atoms with Crippen molar-refractivity contribution in [3.8, 4) is 11.1 Å². The van der Waals surface area contributed by atoms with Crippen molar-refractivity contribution in [3.63, 3.8) is 0 Å². The van der Waals surface area contributed by atoms with E-state index in [2.05, 4.69) is 38.2 Å². The smallest absolute Gasteiger partial charge is 0.251 e. The molecule has 2 nitrogen and oxygen atoms in total. The van der Waals surface area contributed by atoms with Crippen LogP contribution in [0, 0.1) is 5.92 Å². The van der Waals surface area contributed by atoms with Crippen LogP contribution in [0.15, 0.2) is 54.6 Å². The lowest BCUT2D eigenvalue weighted by molar-refractivity contribution is 0.0938. The quantitative estimate of drug-likeness (QED) is 0.739. The van der Waals surface area contributed by atoms with Crippen LogP contribution in [0.2, 0.25) is 0 Å². The predicted octanol–water partition coefficient (Wildman–Crippen LogP) is 5.30. The van der Waals surface area contributed by atoms with Crippen LogP contribution in [-0.4, -0.2) is 11.9 Å². The predicted molar refractivity (Wildman–Crippen MR) is 97.5 cm³/mol. The number of carbonyl (C=O) groups excluding carboxylic acids is 1. The highest BCUT2D eigenvalue weighted by Gasteiger charge is 2.10. The Balaban J connectivity index is 1.90. The molecule has 0 aliphatic carbocycles. The van der Waals surface area contributed by atoms with Crippen LogP contribution in [0.3, 0.4) is 0 Å². The topological polar surface area (TPSA) is 29.1 Å². The zero-order valence-electron chi connectivity index (χ0n) is 14.4. The van der Waals surface area contributed by atoms with Gasteiger partial charge in [-0.05, 0) is 42.5 Å². The molecule has 0 heterocycles. The van der Waals surface area contributed by atoms with E-state index in [-0.39, 0.29) is 11.9 Å². The molecule has 0 aliphatic heterocycles. The summed E-state index contributed by atoms with van der Waals surface area (Å²) in [5.41, 5.74) is 3.02. The van der Waals surface area contributed by atoms with E-state index >= 15 is 0 Å². The molecular weight excluding hydrogens is 282 g/mol. The summed E-state index contributed by atoms with van der Waals surface area (Å²) in [6.45, 7) is 6.55. The molecule has 2 rings (SSSR count). The Hall–Kier alpha value is -2.09. The zero-order chi connectivity index (χ0) is 16.7. The summed E-state index contributed by atoms with van der Waals surface area (Å²) >= 11 is 0. The molecule has 0 saturated heterocycles. The molecule has 2 aromatic carbocycles. The third-order valence-electron chi connectivity index (χ3n) is 4.05. The van der Waals surface area contributed by atoms with Crippen molar-refractivity contribution in [2.45, 2.75) is 46.1 Å². The van der Waals surface area contributed by atoms with Crippen LogP contribution in [0.5, 0.6) is 0 Å². The van der Waals surface area contributed by atoms with Gasteiger partial charge in [-0.3, -0.25) is 4.79 Å². The fourth-order valence-corrected chi connectivity index (χ4v) is 2.66. The molecule has 23 heavy (non-hydrogen) atoms. The van der Waals surface area contributed by atoms with Crippen LogP contribution < -0.4 is 5.32 Å². The molecule has 0 fully saturated rings. The van der Waals surface area contributed by atoms with Gasteiger partial charge in [-0.15, -0.1) is 0 Å². The van der Waals surface area contributed by atoms with Gasteiger partial charge >= 0.3 is 0 Å². The lowest BCUT2D eigenvalue weighted by atomic mass is 10.0. The maximum atomic E-state index is 12.3. The molecule has 2 heteroatoms. The second-order valence-corrected chi connectivity index (χ2v) is 6.64. The maximum absolute atomic E-state index is 12.3. The second kappa shape index (κ2) is 8.52. The van der Waals surface area contributed by atoms with Crippen molar-refractivity contribution in [2.75, 3.05) is 0 Å². The van der Waals surface area contributed by atoms with Gasteiger partial charge in [-0.1, -0.05) is 69.2 Å². The Morgan fingerprint density at radius 2 is 1.48 bits per heavy atom. The van der Waals surface area contributed by atoms with E-state index in [9.17, 15) is 4.79 Å². The van der Waals surface area contributed by atoms with E-state index in [0.717, 1.165) is 29.9 Å². The number of hydrogen-bond donors (Lipinski definition) is 1. The van der Waals surface area contributed by atoms with Crippen LogP contribution in [0.25, 0.3) is 11.1 Å². The van der Waals surface area contributed by atoms with Crippen molar-refractivity contribution in [3.05, 3.63) is 60.2 Å². The van der Waals surface area contributed by atoms with Gasteiger partial charge in [-0.25, -0.2) is 0 Å². The van der Waals surface area contributed by atoms with Gasteiger partial charge in [0.15, 0.2) is 0 Å². The van der Waals surface area contributed by atoms with Crippen molar-refractivity contribution < 1.29 is 4.79 Å². The standard InChI is InChI=1S/C21H27NO/c1-16(2)8-7-9-17(3)22-21(23)20-14-12-19(13-15-20)18-10-5-4-6-11-18/h4-6,10-17H,7-9H2,1-3H3,(H,22,23)/t17-/m0/s1. The summed E-state index contributed by atoms with van der Waals surface area (Å²) < 4.78 is 0. The number of hydrogen-bond acceptors (Lipinski definition) is 1. The van der Waals surface area contributed by atoms with Crippen LogP contribution in [-0.2, 0) is 0 Å². The first-order valence-corrected chi connectivity index (χ1v) is 8.52. The van der Waals surface area contributed by atoms with Gasteiger partial charge in [0.25, 0.3) is 5.91 Å². The summed E-state index contributed by atoms with van der Waals surface area (Å²) in [5, 5.41) is 3.09. The minimum atomic E-state index is 0.0154. The Morgan fingerprint density at radius 1 is 0.870 bits per heavy atom. The molecule has 0 bridgehead atoms. The number of carbonyl (C=O) groups is 1. The van der Waals surface area contributed by atoms with E-state index in [0.29, 0.717) is 0 Å². The van der Waals surface area contributed by atoms with Gasteiger partial charge in [0.1, 0.15) is 0 Å². The average molecular weight is 309 g/mol. The van der Waals surface area contributed by atoms with Gasteiger partial charge < -0.3 is 5.32 Å². The highest BCUT2D eigenvalue weighted by Crippen LogP contribution is 2.19. The van der Waals surface area contributed by atoms with Gasteiger partial charge in [-0.2, -0.15) is 0 Å². The average Bonchev–Trinajstić information content (AvgIpc) is 2.55. The van der Waals surface area contributed by atoms with E-state index in [1.807, 2.05) is 42.5 Å². The molecule has 122 valence electrons. The third-order valence-corrected chi connectivity index (χ3v) is 4.05. The van der Waals surface area contributed by atoms with Crippen molar-refractivity contribution in [1.29, 1.82) is 0 Å². The number of amides is 1. The van der Waals surface area contributed by atoms with Crippen LogP contribution in [0.1, 0.15) is 50.4 Å². The molecule has 1 amide bonds. The molecule has 1 N–H and O–H groups in total. The molecular formula is C21H27NO. The van der Waals surface area contributed by atoms with E-state index in [1.165, 1.54) is 12.0 Å².